The van der Waals surface area contributed by atoms with Crippen LogP contribution >= 0.6 is 0 Å². The summed E-state index contributed by atoms with van der Waals surface area (Å²) in [7, 11) is 0. The monoisotopic (exact) mass is 312 g/mol. The van der Waals surface area contributed by atoms with Crippen LogP contribution in [0.4, 0.5) is 5.95 Å². The van der Waals surface area contributed by atoms with Crippen molar-refractivity contribution in [2.45, 2.75) is 40.2 Å². The minimum absolute atomic E-state index is 0.472. The number of hydrogen-bond acceptors (Lipinski definition) is 6. The highest BCUT2D eigenvalue weighted by molar-refractivity contribution is 5.93. The van der Waals surface area contributed by atoms with E-state index in [-0.39, 0.29) is 0 Å². The van der Waals surface area contributed by atoms with Crippen LogP contribution in [0.1, 0.15) is 32.0 Å². The standard InChI is InChI=1S/C17H24N6/c1-5-13-6-7-15-14(8-13)12(4)20-17(21-15)22-16-18-9-23(10-19-16)11(2)3/h6-8,11H,5,9-10H2,1-4H3,(H2,18,19,20,21,22). The summed E-state index contributed by atoms with van der Waals surface area (Å²) in [6.45, 7) is 9.95. The van der Waals surface area contributed by atoms with Gasteiger partial charge in [-0.05, 0) is 44.9 Å². The first kappa shape index (κ1) is 15.7. The van der Waals surface area contributed by atoms with Crippen molar-refractivity contribution in [3.63, 3.8) is 0 Å². The van der Waals surface area contributed by atoms with Crippen LogP contribution in [0.2, 0.25) is 0 Å². The van der Waals surface area contributed by atoms with Gasteiger partial charge >= 0.3 is 0 Å². The number of nitrogens with zero attached hydrogens (tertiary/aromatic N) is 4. The molecule has 0 saturated carbocycles. The molecule has 1 aromatic carbocycles. The molecule has 0 radical (unpaired) electrons. The third-order valence-corrected chi connectivity index (χ3v) is 4.18. The van der Waals surface area contributed by atoms with E-state index in [1.807, 2.05) is 6.92 Å². The van der Waals surface area contributed by atoms with Gasteiger partial charge in [0, 0.05) is 11.4 Å². The van der Waals surface area contributed by atoms with Gasteiger partial charge in [-0.1, -0.05) is 13.0 Å². The summed E-state index contributed by atoms with van der Waals surface area (Å²) in [5.74, 6) is 1.31. The molecule has 2 heterocycles. The van der Waals surface area contributed by atoms with Crippen LogP contribution in [-0.4, -0.2) is 40.2 Å². The number of fused-ring (bicyclic) bond motifs is 1. The van der Waals surface area contributed by atoms with Gasteiger partial charge in [-0.15, -0.1) is 0 Å². The van der Waals surface area contributed by atoms with Crippen LogP contribution in [-0.2, 0) is 6.42 Å². The maximum absolute atomic E-state index is 4.60. The van der Waals surface area contributed by atoms with E-state index in [0.29, 0.717) is 18.7 Å². The van der Waals surface area contributed by atoms with Crippen LogP contribution in [0.3, 0.4) is 0 Å². The number of rotatable bonds is 3. The van der Waals surface area contributed by atoms with Crippen LogP contribution < -0.4 is 10.6 Å². The Morgan fingerprint density at radius 3 is 2.78 bits per heavy atom. The summed E-state index contributed by atoms with van der Waals surface area (Å²) >= 11 is 0. The summed E-state index contributed by atoms with van der Waals surface area (Å²) in [5.41, 5.74) is 3.24. The van der Waals surface area contributed by atoms with E-state index in [1.54, 1.807) is 0 Å². The van der Waals surface area contributed by atoms with Gasteiger partial charge in [-0.3, -0.25) is 10.2 Å². The number of nitrogens with one attached hydrogen (secondary N) is 2. The SMILES string of the molecule is CCc1ccc2nc(NC3=NCN(C(C)C)CN3)nc(C)c2c1. The van der Waals surface area contributed by atoms with Crippen molar-refractivity contribution >= 4 is 22.8 Å². The molecule has 1 aromatic heterocycles. The van der Waals surface area contributed by atoms with Crippen molar-refractivity contribution in [3.8, 4) is 0 Å². The average Bonchev–Trinajstić information content (AvgIpc) is 2.55. The molecule has 0 fully saturated rings. The Hall–Kier alpha value is -2.21. The fourth-order valence-electron chi connectivity index (χ4n) is 2.58. The molecule has 0 atom stereocenters. The highest BCUT2D eigenvalue weighted by Gasteiger charge is 2.15. The fourth-order valence-corrected chi connectivity index (χ4v) is 2.58. The fraction of sp³-hybridized carbons (Fsp3) is 0.471. The number of aromatic nitrogens is 2. The van der Waals surface area contributed by atoms with Gasteiger partial charge < -0.3 is 5.32 Å². The van der Waals surface area contributed by atoms with Crippen LogP contribution in [0.25, 0.3) is 10.9 Å². The molecule has 2 N–H and O–H groups in total. The molecular weight excluding hydrogens is 288 g/mol. The molecule has 0 aliphatic carbocycles. The molecule has 1 aliphatic rings. The summed E-state index contributed by atoms with van der Waals surface area (Å²) in [4.78, 5) is 15.9. The predicted molar refractivity (Wildman–Crippen MR) is 94.6 cm³/mol. The summed E-state index contributed by atoms with van der Waals surface area (Å²) in [5, 5.41) is 7.57. The number of benzene rings is 1. The molecule has 0 unspecified atom stereocenters. The molecular formula is C17H24N6. The zero-order valence-corrected chi connectivity index (χ0v) is 14.2. The number of aryl methyl sites for hydroxylation is 2. The number of guanidine groups is 1. The van der Waals surface area contributed by atoms with Crippen molar-refractivity contribution in [1.82, 2.24) is 20.2 Å². The van der Waals surface area contributed by atoms with Crippen molar-refractivity contribution in [2.24, 2.45) is 4.99 Å². The van der Waals surface area contributed by atoms with E-state index >= 15 is 0 Å². The second-order valence-corrected chi connectivity index (χ2v) is 6.13. The highest BCUT2D eigenvalue weighted by atomic mass is 15.4. The Morgan fingerprint density at radius 1 is 1.30 bits per heavy atom. The molecule has 122 valence electrons. The maximum Gasteiger partial charge on any atom is 0.230 e. The van der Waals surface area contributed by atoms with E-state index in [1.165, 1.54) is 5.56 Å². The lowest BCUT2D eigenvalue weighted by atomic mass is 10.1. The van der Waals surface area contributed by atoms with E-state index < -0.39 is 0 Å². The Kier molecular flexibility index (Phi) is 4.43. The molecule has 3 rings (SSSR count). The lowest BCUT2D eigenvalue weighted by Gasteiger charge is -2.29. The van der Waals surface area contributed by atoms with Crippen molar-refractivity contribution < 1.29 is 0 Å². The Morgan fingerprint density at radius 2 is 2.13 bits per heavy atom. The van der Waals surface area contributed by atoms with Gasteiger partial charge in [0.15, 0.2) is 0 Å². The summed E-state index contributed by atoms with van der Waals surface area (Å²) in [6, 6.07) is 6.82. The topological polar surface area (TPSA) is 65.4 Å². The van der Waals surface area contributed by atoms with Gasteiger partial charge in [0.1, 0.15) is 0 Å². The average molecular weight is 312 g/mol. The Balaban J connectivity index is 1.81. The van der Waals surface area contributed by atoms with Gasteiger partial charge in [0.2, 0.25) is 11.9 Å². The largest absolute Gasteiger partial charge is 0.343 e. The smallest absolute Gasteiger partial charge is 0.230 e. The van der Waals surface area contributed by atoms with E-state index in [9.17, 15) is 0 Å². The molecule has 2 aromatic rings. The van der Waals surface area contributed by atoms with Crippen molar-refractivity contribution in [3.05, 3.63) is 29.5 Å². The predicted octanol–water partition coefficient (Wildman–Crippen LogP) is 2.50. The molecule has 6 heteroatoms. The normalized spacial score (nSPS) is 15.6. The van der Waals surface area contributed by atoms with E-state index in [2.05, 4.69) is 69.5 Å². The Labute approximate surface area is 137 Å². The third kappa shape index (κ3) is 3.42. The summed E-state index contributed by atoms with van der Waals surface area (Å²) < 4.78 is 0. The van der Waals surface area contributed by atoms with Crippen molar-refractivity contribution in [2.75, 3.05) is 18.7 Å². The molecule has 6 nitrogen and oxygen atoms in total. The lowest BCUT2D eigenvalue weighted by molar-refractivity contribution is 0.214. The number of aliphatic imine (C=N–C) groups is 1. The summed E-state index contributed by atoms with van der Waals surface area (Å²) in [6.07, 6.45) is 1.02. The quantitative estimate of drug-likeness (QED) is 0.911. The lowest BCUT2D eigenvalue weighted by Crippen LogP contribution is -2.48. The van der Waals surface area contributed by atoms with Gasteiger partial charge in [0.05, 0.1) is 24.5 Å². The van der Waals surface area contributed by atoms with Gasteiger partial charge in [-0.25, -0.2) is 15.0 Å². The molecule has 1 aliphatic heterocycles. The highest BCUT2D eigenvalue weighted by Crippen LogP contribution is 2.19. The zero-order chi connectivity index (χ0) is 16.4. The van der Waals surface area contributed by atoms with Crippen molar-refractivity contribution in [1.29, 1.82) is 0 Å². The molecule has 23 heavy (non-hydrogen) atoms. The molecule has 0 amide bonds. The number of anilines is 1. The van der Waals surface area contributed by atoms with Crippen LogP contribution in [0.15, 0.2) is 23.2 Å². The first-order valence-electron chi connectivity index (χ1n) is 8.13. The van der Waals surface area contributed by atoms with E-state index in [0.717, 1.165) is 35.6 Å². The van der Waals surface area contributed by atoms with E-state index in [4.69, 9.17) is 0 Å². The minimum atomic E-state index is 0.472. The molecule has 0 bridgehead atoms. The van der Waals surface area contributed by atoms with Crippen LogP contribution in [0, 0.1) is 6.92 Å². The molecule has 0 saturated heterocycles. The maximum atomic E-state index is 4.60. The van der Waals surface area contributed by atoms with Gasteiger partial charge in [0.25, 0.3) is 0 Å². The Bertz CT molecular complexity index is 737. The van der Waals surface area contributed by atoms with Crippen LogP contribution in [0.5, 0.6) is 0 Å². The molecule has 0 spiro atoms. The first-order valence-corrected chi connectivity index (χ1v) is 8.13. The second-order valence-electron chi connectivity index (χ2n) is 6.13. The minimum Gasteiger partial charge on any atom is -0.343 e. The van der Waals surface area contributed by atoms with Gasteiger partial charge in [-0.2, -0.15) is 0 Å². The number of hydrogen-bond donors (Lipinski definition) is 2. The first-order chi connectivity index (χ1) is 11.1. The second kappa shape index (κ2) is 6.50. The zero-order valence-electron chi connectivity index (χ0n) is 14.2. The third-order valence-electron chi connectivity index (χ3n) is 4.18.